The average Bonchev–Trinajstić information content (AvgIpc) is 2.41. The highest BCUT2D eigenvalue weighted by Gasteiger charge is 2.04. The van der Waals surface area contributed by atoms with Gasteiger partial charge in [-0.05, 0) is 47.2 Å². The molecule has 19 heavy (non-hydrogen) atoms. The van der Waals surface area contributed by atoms with Crippen LogP contribution in [0.1, 0.15) is 0 Å². The lowest BCUT2D eigenvalue weighted by atomic mass is 10.1. The van der Waals surface area contributed by atoms with Crippen molar-refractivity contribution >= 4 is 32.4 Å². The van der Waals surface area contributed by atoms with Crippen LogP contribution < -0.4 is 10.5 Å². The van der Waals surface area contributed by atoms with Crippen molar-refractivity contribution < 1.29 is 4.74 Å². The normalized spacial score (nSPS) is 10.6. The summed E-state index contributed by atoms with van der Waals surface area (Å²) in [6.07, 6.45) is 1.66. The van der Waals surface area contributed by atoms with E-state index in [1.807, 2.05) is 30.3 Å². The first-order chi connectivity index (χ1) is 9.22. The lowest BCUT2D eigenvalue weighted by Gasteiger charge is -2.08. The van der Waals surface area contributed by atoms with Crippen molar-refractivity contribution in [1.29, 1.82) is 0 Å². The van der Waals surface area contributed by atoms with Gasteiger partial charge in [-0.2, -0.15) is 0 Å². The summed E-state index contributed by atoms with van der Waals surface area (Å²) in [5.41, 5.74) is 6.33. The SMILES string of the molecule is Nc1cccnc1Oc1ccc2cc(Br)ccc2c1. The summed E-state index contributed by atoms with van der Waals surface area (Å²) in [4.78, 5) is 4.11. The molecule has 0 saturated carbocycles. The molecule has 0 fully saturated rings. The van der Waals surface area contributed by atoms with Crippen LogP contribution in [0.2, 0.25) is 0 Å². The Balaban J connectivity index is 1.98. The Bertz CT molecular complexity index is 743. The number of benzene rings is 2. The van der Waals surface area contributed by atoms with Crippen LogP contribution in [0, 0.1) is 0 Å². The molecule has 94 valence electrons. The van der Waals surface area contributed by atoms with Gasteiger partial charge in [0.2, 0.25) is 5.88 Å². The molecule has 0 aliphatic rings. The summed E-state index contributed by atoms with van der Waals surface area (Å²) < 4.78 is 6.76. The minimum atomic E-state index is 0.430. The second kappa shape index (κ2) is 4.90. The number of rotatable bonds is 2. The lowest BCUT2D eigenvalue weighted by Crippen LogP contribution is -1.94. The molecule has 3 rings (SSSR count). The topological polar surface area (TPSA) is 48.1 Å². The molecule has 0 atom stereocenters. The van der Waals surface area contributed by atoms with Crippen molar-refractivity contribution in [2.24, 2.45) is 0 Å². The zero-order valence-corrected chi connectivity index (χ0v) is 11.6. The van der Waals surface area contributed by atoms with E-state index in [0.29, 0.717) is 11.6 Å². The van der Waals surface area contributed by atoms with E-state index in [0.717, 1.165) is 21.0 Å². The Hall–Kier alpha value is -2.07. The van der Waals surface area contributed by atoms with Crippen LogP contribution in [0.15, 0.2) is 59.2 Å². The summed E-state index contributed by atoms with van der Waals surface area (Å²) in [5.74, 6) is 1.15. The van der Waals surface area contributed by atoms with E-state index in [9.17, 15) is 0 Å². The number of nitrogens with zero attached hydrogens (tertiary/aromatic N) is 1. The van der Waals surface area contributed by atoms with Crippen LogP contribution in [0.3, 0.4) is 0 Å². The van der Waals surface area contributed by atoms with E-state index >= 15 is 0 Å². The number of hydrogen-bond acceptors (Lipinski definition) is 3. The van der Waals surface area contributed by atoms with Gasteiger partial charge in [0.05, 0.1) is 5.69 Å². The fourth-order valence-corrected chi connectivity index (χ4v) is 2.24. The Labute approximate surface area is 119 Å². The van der Waals surface area contributed by atoms with Crippen LogP contribution in [0.4, 0.5) is 5.69 Å². The smallest absolute Gasteiger partial charge is 0.242 e. The summed E-state index contributed by atoms with van der Waals surface area (Å²) in [7, 11) is 0. The molecule has 4 heteroatoms. The zero-order chi connectivity index (χ0) is 13.2. The molecule has 0 aliphatic heterocycles. The van der Waals surface area contributed by atoms with Crippen LogP contribution in [-0.2, 0) is 0 Å². The minimum absolute atomic E-state index is 0.430. The highest BCUT2D eigenvalue weighted by atomic mass is 79.9. The molecule has 0 unspecified atom stereocenters. The van der Waals surface area contributed by atoms with Crippen molar-refractivity contribution in [2.45, 2.75) is 0 Å². The molecule has 3 nitrogen and oxygen atoms in total. The Morgan fingerprint density at radius 1 is 1.00 bits per heavy atom. The molecular weight excluding hydrogens is 304 g/mol. The Morgan fingerprint density at radius 2 is 1.79 bits per heavy atom. The van der Waals surface area contributed by atoms with E-state index in [-0.39, 0.29) is 0 Å². The molecule has 0 spiro atoms. The lowest BCUT2D eigenvalue weighted by molar-refractivity contribution is 0.466. The second-order valence-electron chi connectivity index (χ2n) is 4.15. The number of hydrogen-bond donors (Lipinski definition) is 1. The molecule has 0 amide bonds. The molecule has 2 aromatic carbocycles. The van der Waals surface area contributed by atoms with Crippen LogP contribution in [0.5, 0.6) is 11.6 Å². The Morgan fingerprint density at radius 3 is 2.63 bits per heavy atom. The van der Waals surface area contributed by atoms with Crippen molar-refractivity contribution in [1.82, 2.24) is 4.98 Å². The van der Waals surface area contributed by atoms with Gasteiger partial charge in [0.1, 0.15) is 5.75 Å². The first-order valence-electron chi connectivity index (χ1n) is 5.80. The van der Waals surface area contributed by atoms with Crippen molar-refractivity contribution in [3.63, 3.8) is 0 Å². The predicted molar refractivity (Wildman–Crippen MR) is 80.4 cm³/mol. The van der Waals surface area contributed by atoms with Gasteiger partial charge in [-0.3, -0.25) is 0 Å². The number of aromatic nitrogens is 1. The number of nitrogen functional groups attached to an aromatic ring is 1. The largest absolute Gasteiger partial charge is 0.437 e. The van der Waals surface area contributed by atoms with Crippen LogP contribution in [0.25, 0.3) is 10.8 Å². The van der Waals surface area contributed by atoms with E-state index in [1.165, 1.54) is 0 Å². The Kier molecular flexibility index (Phi) is 3.09. The highest BCUT2D eigenvalue weighted by molar-refractivity contribution is 9.10. The molecule has 1 aromatic heterocycles. The summed E-state index contributed by atoms with van der Waals surface area (Å²) in [6.45, 7) is 0. The third-order valence-corrected chi connectivity index (χ3v) is 3.28. The number of fused-ring (bicyclic) bond motifs is 1. The van der Waals surface area contributed by atoms with Gasteiger partial charge in [0.25, 0.3) is 0 Å². The van der Waals surface area contributed by atoms with E-state index in [4.69, 9.17) is 10.5 Å². The molecule has 1 heterocycles. The molecule has 2 N–H and O–H groups in total. The van der Waals surface area contributed by atoms with Crippen molar-refractivity contribution in [3.8, 4) is 11.6 Å². The number of pyridine rings is 1. The fraction of sp³-hybridized carbons (Fsp3) is 0. The quantitative estimate of drug-likeness (QED) is 0.764. The molecule has 3 aromatic rings. The molecule has 0 saturated heterocycles. The number of ether oxygens (including phenoxy) is 1. The van der Waals surface area contributed by atoms with Gasteiger partial charge in [0, 0.05) is 10.7 Å². The van der Waals surface area contributed by atoms with Gasteiger partial charge in [-0.25, -0.2) is 4.98 Å². The van der Waals surface area contributed by atoms with Gasteiger partial charge < -0.3 is 10.5 Å². The van der Waals surface area contributed by atoms with Crippen molar-refractivity contribution in [3.05, 3.63) is 59.2 Å². The van der Waals surface area contributed by atoms with Crippen molar-refractivity contribution in [2.75, 3.05) is 5.73 Å². The first kappa shape index (κ1) is 12.0. The molecule has 0 bridgehead atoms. The maximum Gasteiger partial charge on any atom is 0.242 e. The van der Waals surface area contributed by atoms with E-state index in [2.05, 4.69) is 27.0 Å². The van der Waals surface area contributed by atoms with E-state index in [1.54, 1.807) is 18.3 Å². The monoisotopic (exact) mass is 314 g/mol. The van der Waals surface area contributed by atoms with Gasteiger partial charge in [0.15, 0.2) is 0 Å². The third kappa shape index (κ3) is 2.53. The molecular formula is C15H11BrN2O. The summed E-state index contributed by atoms with van der Waals surface area (Å²) in [6, 6.07) is 15.5. The third-order valence-electron chi connectivity index (χ3n) is 2.79. The highest BCUT2D eigenvalue weighted by Crippen LogP contribution is 2.28. The number of anilines is 1. The van der Waals surface area contributed by atoms with Crippen LogP contribution in [-0.4, -0.2) is 4.98 Å². The average molecular weight is 315 g/mol. The fourth-order valence-electron chi connectivity index (χ4n) is 1.86. The van der Waals surface area contributed by atoms with Crippen LogP contribution >= 0.6 is 15.9 Å². The minimum Gasteiger partial charge on any atom is -0.437 e. The standard InChI is InChI=1S/C15H11BrN2O/c16-12-5-3-11-9-13(6-4-10(11)8-12)19-15-14(17)2-1-7-18-15/h1-9H,17H2. The van der Waals surface area contributed by atoms with Gasteiger partial charge in [-0.15, -0.1) is 0 Å². The summed E-state index contributed by atoms with van der Waals surface area (Å²) in [5, 5.41) is 2.26. The number of halogens is 1. The maximum atomic E-state index is 5.81. The predicted octanol–water partition coefficient (Wildman–Crippen LogP) is 4.37. The second-order valence-corrected chi connectivity index (χ2v) is 5.07. The zero-order valence-electron chi connectivity index (χ0n) is 10.0. The molecule has 0 radical (unpaired) electrons. The maximum absolute atomic E-state index is 5.81. The molecule has 0 aliphatic carbocycles. The number of nitrogens with two attached hydrogens (primary N) is 1. The first-order valence-corrected chi connectivity index (χ1v) is 6.59. The van der Waals surface area contributed by atoms with Gasteiger partial charge in [-0.1, -0.05) is 28.1 Å². The van der Waals surface area contributed by atoms with Gasteiger partial charge >= 0.3 is 0 Å². The summed E-state index contributed by atoms with van der Waals surface area (Å²) >= 11 is 3.46. The van der Waals surface area contributed by atoms with E-state index < -0.39 is 0 Å².